The summed E-state index contributed by atoms with van der Waals surface area (Å²) in [6, 6.07) is 0. The van der Waals surface area contributed by atoms with Gasteiger partial charge in [0.05, 0.1) is 0 Å². The Morgan fingerprint density at radius 2 is 1.60 bits per heavy atom. The first-order valence-corrected chi connectivity index (χ1v) is 3.01. The molecular formula is C6H14N2O2. The van der Waals surface area contributed by atoms with Gasteiger partial charge in [-0.2, -0.15) is 0 Å². The molecule has 4 heteroatoms. The Labute approximate surface area is 60.2 Å². The predicted octanol–water partition coefficient (Wildman–Crippen LogP) is -0.474. The average Bonchev–Trinajstić information content (AvgIpc) is 1.62. The van der Waals surface area contributed by atoms with Crippen LogP contribution in [0.2, 0.25) is 0 Å². The van der Waals surface area contributed by atoms with E-state index in [1.807, 2.05) is 0 Å². The molecule has 0 bridgehead atoms. The zero-order chi connectivity index (χ0) is 8.58. The Morgan fingerprint density at radius 3 is 1.60 bits per heavy atom. The number of aliphatic carboxylic acids is 1. The van der Waals surface area contributed by atoms with Crippen molar-refractivity contribution in [3.05, 3.63) is 0 Å². The third-order valence-electron chi connectivity index (χ3n) is 1.78. The molecule has 0 fully saturated rings. The van der Waals surface area contributed by atoms with Gasteiger partial charge in [-0.15, -0.1) is 0 Å². The molecule has 0 aliphatic heterocycles. The Balaban J connectivity index is 4.57. The molecule has 4 nitrogen and oxygen atoms in total. The van der Waals surface area contributed by atoms with Crippen molar-refractivity contribution in [2.75, 3.05) is 0 Å². The van der Waals surface area contributed by atoms with Crippen molar-refractivity contribution in [1.82, 2.24) is 0 Å². The van der Waals surface area contributed by atoms with Crippen LogP contribution in [0.3, 0.4) is 0 Å². The van der Waals surface area contributed by atoms with Crippen LogP contribution in [0.5, 0.6) is 0 Å². The zero-order valence-corrected chi connectivity index (χ0v) is 6.51. The van der Waals surface area contributed by atoms with Gasteiger partial charge in [-0.05, 0) is 20.8 Å². The number of carbonyl (C=O) groups is 1. The van der Waals surface area contributed by atoms with Crippen LogP contribution in [0.1, 0.15) is 20.8 Å². The van der Waals surface area contributed by atoms with Crippen LogP contribution in [0.15, 0.2) is 0 Å². The van der Waals surface area contributed by atoms with E-state index in [0.717, 1.165) is 0 Å². The highest BCUT2D eigenvalue weighted by molar-refractivity contribution is 5.79. The lowest BCUT2D eigenvalue weighted by atomic mass is 9.83. The quantitative estimate of drug-likeness (QED) is 0.491. The Kier molecular flexibility index (Phi) is 2.08. The van der Waals surface area contributed by atoms with E-state index in [-0.39, 0.29) is 0 Å². The number of nitrogens with two attached hydrogens (primary N) is 2. The van der Waals surface area contributed by atoms with Crippen molar-refractivity contribution in [3.8, 4) is 0 Å². The second-order valence-electron chi connectivity index (χ2n) is 3.23. The number of rotatable bonds is 2. The minimum absolute atomic E-state index is 0.904. The fourth-order valence-electron chi connectivity index (χ4n) is 0.276. The first-order valence-electron chi connectivity index (χ1n) is 3.01. The van der Waals surface area contributed by atoms with Gasteiger partial charge in [0.15, 0.2) is 0 Å². The first-order chi connectivity index (χ1) is 4.19. The first kappa shape index (κ1) is 9.39. The highest BCUT2D eigenvalue weighted by Gasteiger charge is 2.41. The van der Waals surface area contributed by atoms with Crippen LogP contribution in [0.4, 0.5) is 0 Å². The normalized spacial score (nSPS) is 18.1. The molecule has 60 valence electrons. The molecule has 0 aromatic carbocycles. The van der Waals surface area contributed by atoms with Crippen LogP contribution in [0, 0.1) is 0 Å². The minimum atomic E-state index is -1.37. The molecule has 0 saturated heterocycles. The van der Waals surface area contributed by atoms with Gasteiger partial charge in [0.1, 0.15) is 5.54 Å². The summed E-state index contributed by atoms with van der Waals surface area (Å²) in [7, 11) is 0. The smallest absolute Gasteiger partial charge is 0.325 e. The molecule has 0 spiro atoms. The summed E-state index contributed by atoms with van der Waals surface area (Å²) < 4.78 is 0. The van der Waals surface area contributed by atoms with Crippen molar-refractivity contribution in [1.29, 1.82) is 0 Å². The lowest BCUT2D eigenvalue weighted by Gasteiger charge is -2.33. The lowest BCUT2D eigenvalue weighted by molar-refractivity contribution is -0.144. The van der Waals surface area contributed by atoms with Crippen molar-refractivity contribution < 1.29 is 9.90 Å². The van der Waals surface area contributed by atoms with Gasteiger partial charge in [0.2, 0.25) is 0 Å². The molecule has 0 aliphatic carbocycles. The van der Waals surface area contributed by atoms with E-state index in [1.54, 1.807) is 13.8 Å². The Hall–Kier alpha value is -0.610. The molecule has 0 radical (unpaired) electrons. The molecule has 0 aromatic rings. The maximum atomic E-state index is 10.5. The van der Waals surface area contributed by atoms with Gasteiger partial charge in [-0.25, -0.2) is 0 Å². The summed E-state index contributed by atoms with van der Waals surface area (Å²) in [6.45, 7) is 4.57. The molecule has 1 unspecified atom stereocenters. The Bertz CT molecular complexity index is 146. The van der Waals surface area contributed by atoms with E-state index >= 15 is 0 Å². The monoisotopic (exact) mass is 146 g/mol. The lowest BCUT2D eigenvalue weighted by Crippen LogP contribution is -2.65. The van der Waals surface area contributed by atoms with Gasteiger partial charge >= 0.3 is 5.97 Å². The van der Waals surface area contributed by atoms with E-state index in [9.17, 15) is 4.79 Å². The van der Waals surface area contributed by atoms with Crippen molar-refractivity contribution in [2.45, 2.75) is 31.8 Å². The third kappa shape index (κ3) is 1.46. The molecule has 0 aromatic heterocycles. The van der Waals surface area contributed by atoms with Crippen molar-refractivity contribution >= 4 is 5.97 Å². The van der Waals surface area contributed by atoms with Crippen LogP contribution < -0.4 is 11.5 Å². The molecule has 0 heterocycles. The summed E-state index contributed by atoms with van der Waals surface area (Å²) in [5, 5.41) is 8.57. The predicted molar refractivity (Wildman–Crippen MR) is 38.5 cm³/mol. The number of hydrogen-bond acceptors (Lipinski definition) is 3. The summed E-state index contributed by atoms with van der Waals surface area (Å²) in [4.78, 5) is 10.5. The third-order valence-corrected chi connectivity index (χ3v) is 1.78. The van der Waals surface area contributed by atoms with Gasteiger partial charge in [0, 0.05) is 5.54 Å². The molecule has 0 amide bonds. The molecule has 0 saturated carbocycles. The summed E-state index contributed by atoms with van der Waals surface area (Å²) in [5.41, 5.74) is 8.65. The van der Waals surface area contributed by atoms with E-state index in [2.05, 4.69) is 0 Å². The summed E-state index contributed by atoms with van der Waals surface area (Å²) in [6.07, 6.45) is 0. The van der Waals surface area contributed by atoms with Crippen LogP contribution in [-0.2, 0) is 4.79 Å². The zero-order valence-electron chi connectivity index (χ0n) is 6.51. The van der Waals surface area contributed by atoms with E-state index in [0.29, 0.717) is 0 Å². The van der Waals surface area contributed by atoms with Gasteiger partial charge in [0.25, 0.3) is 0 Å². The fraction of sp³-hybridized carbons (Fsp3) is 0.833. The second-order valence-corrected chi connectivity index (χ2v) is 3.23. The Morgan fingerprint density at radius 1 is 1.30 bits per heavy atom. The maximum Gasteiger partial charge on any atom is 0.325 e. The highest BCUT2D eigenvalue weighted by atomic mass is 16.4. The van der Waals surface area contributed by atoms with Crippen LogP contribution >= 0.6 is 0 Å². The minimum Gasteiger partial charge on any atom is -0.480 e. The number of carboxylic acids is 1. The standard InChI is InChI=1S/C6H14N2O2/c1-5(2,7)6(3,8)4(9)10/h7-8H2,1-3H3,(H,9,10). The van der Waals surface area contributed by atoms with Crippen LogP contribution in [0.25, 0.3) is 0 Å². The molecule has 0 rings (SSSR count). The fourth-order valence-corrected chi connectivity index (χ4v) is 0.276. The second kappa shape index (κ2) is 2.21. The van der Waals surface area contributed by atoms with Gasteiger partial charge < -0.3 is 16.6 Å². The molecular weight excluding hydrogens is 132 g/mol. The van der Waals surface area contributed by atoms with E-state index in [4.69, 9.17) is 16.6 Å². The average molecular weight is 146 g/mol. The molecule has 0 aliphatic rings. The maximum absolute atomic E-state index is 10.5. The van der Waals surface area contributed by atoms with Crippen molar-refractivity contribution in [3.63, 3.8) is 0 Å². The molecule has 10 heavy (non-hydrogen) atoms. The highest BCUT2D eigenvalue weighted by Crippen LogP contribution is 2.15. The largest absolute Gasteiger partial charge is 0.480 e. The molecule has 5 N–H and O–H groups in total. The van der Waals surface area contributed by atoms with Gasteiger partial charge in [-0.3, -0.25) is 4.79 Å². The summed E-state index contributed by atoms with van der Waals surface area (Å²) in [5.74, 6) is -1.08. The topological polar surface area (TPSA) is 89.3 Å². The van der Waals surface area contributed by atoms with E-state index in [1.165, 1.54) is 6.92 Å². The SMILES string of the molecule is CC(C)(N)C(C)(N)C(=O)O. The molecule has 1 atom stereocenters. The van der Waals surface area contributed by atoms with E-state index < -0.39 is 17.0 Å². The van der Waals surface area contributed by atoms with Crippen molar-refractivity contribution in [2.24, 2.45) is 11.5 Å². The number of carboxylic acid groups (broad SMARTS) is 1. The number of hydrogen-bond donors (Lipinski definition) is 3. The van der Waals surface area contributed by atoms with Gasteiger partial charge in [-0.1, -0.05) is 0 Å². The summed E-state index contributed by atoms with van der Waals surface area (Å²) >= 11 is 0. The van der Waals surface area contributed by atoms with Crippen LogP contribution in [-0.4, -0.2) is 22.2 Å².